The van der Waals surface area contributed by atoms with Crippen LogP contribution in [0.25, 0.3) is 0 Å². The predicted molar refractivity (Wildman–Crippen MR) is 68.3 cm³/mol. The summed E-state index contributed by atoms with van der Waals surface area (Å²) in [5.41, 5.74) is -0.219. The molecule has 98 valence electrons. The normalized spacial score (nSPS) is 10.3. The summed E-state index contributed by atoms with van der Waals surface area (Å²) in [4.78, 5) is 15.6. The molecule has 0 spiro atoms. The van der Waals surface area contributed by atoms with Crippen molar-refractivity contribution in [1.82, 2.24) is 4.98 Å². The maximum atomic E-state index is 13.7. The second kappa shape index (κ2) is 5.32. The highest BCUT2D eigenvalue weighted by Crippen LogP contribution is 2.23. The van der Waals surface area contributed by atoms with E-state index >= 15 is 0 Å². The lowest BCUT2D eigenvalue weighted by Gasteiger charge is -2.09. The Morgan fingerprint density at radius 1 is 1.32 bits per heavy atom. The van der Waals surface area contributed by atoms with E-state index in [1.165, 1.54) is 31.3 Å². The number of nitrogens with one attached hydrogen (secondary N) is 1. The second-order valence-corrected chi connectivity index (χ2v) is 4.21. The lowest BCUT2D eigenvalue weighted by molar-refractivity contribution is 0.102. The molecule has 2 aromatic rings. The molecule has 1 heterocycles. The smallest absolute Gasteiger partial charge is 0.258 e. The highest BCUT2D eigenvalue weighted by Gasteiger charge is 2.17. The van der Waals surface area contributed by atoms with Gasteiger partial charge >= 0.3 is 0 Å². The summed E-state index contributed by atoms with van der Waals surface area (Å²) in [6, 6.07) is 5.29. The molecule has 0 aliphatic heterocycles. The lowest BCUT2D eigenvalue weighted by atomic mass is 10.2. The molecule has 1 amide bonds. The number of carbonyl (C=O) groups excluding carboxylic acids is 1. The Morgan fingerprint density at radius 2 is 2.05 bits per heavy atom. The maximum Gasteiger partial charge on any atom is 0.258 e. The van der Waals surface area contributed by atoms with Gasteiger partial charge in [-0.1, -0.05) is 17.7 Å². The first-order valence-corrected chi connectivity index (χ1v) is 5.75. The van der Waals surface area contributed by atoms with Gasteiger partial charge in [0.05, 0.1) is 5.56 Å². The van der Waals surface area contributed by atoms with Gasteiger partial charge < -0.3 is 5.32 Å². The number of rotatable bonds is 2. The van der Waals surface area contributed by atoms with Gasteiger partial charge in [0, 0.05) is 6.20 Å². The van der Waals surface area contributed by atoms with Crippen LogP contribution in [0.5, 0.6) is 0 Å². The van der Waals surface area contributed by atoms with Crippen LogP contribution in [-0.4, -0.2) is 10.9 Å². The van der Waals surface area contributed by atoms with Crippen LogP contribution in [0.15, 0.2) is 30.5 Å². The molecule has 1 aromatic carbocycles. The monoisotopic (exact) mass is 282 g/mol. The minimum absolute atomic E-state index is 0.0338. The average molecular weight is 283 g/mol. The van der Waals surface area contributed by atoms with Crippen molar-refractivity contribution in [2.75, 3.05) is 5.32 Å². The van der Waals surface area contributed by atoms with Crippen LogP contribution in [0, 0.1) is 18.6 Å². The van der Waals surface area contributed by atoms with Crippen LogP contribution in [0.1, 0.15) is 15.9 Å². The van der Waals surface area contributed by atoms with E-state index in [0.29, 0.717) is 0 Å². The van der Waals surface area contributed by atoms with Gasteiger partial charge in [0.1, 0.15) is 16.7 Å². The number of benzene rings is 1. The fraction of sp³-hybridized carbons (Fsp3) is 0.0769. The Kier molecular flexibility index (Phi) is 3.76. The van der Waals surface area contributed by atoms with Crippen molar-refractivity contribution in [2.45, 2.75) is 6.92 Å². The number of hydrogen-bond donors (Lipinski definition) is 1. The zero-order valence-electron chi connectivity index (χ0n) is 9.88. The van der Waals surface area contributed by atoms with E-state index < -0.39 is 23.2 Å². The summed E-state index contributed by atoms with van der Waals surface area (Å²) in [5, 5.41) is 2.13. The van der Waals surface area contributed by atoms with Crippen LogP contribution in [0.3, 0.4) is 0 Å². The van der Waals surface area contributed by atoms with E-state index in [0.717, 1.165) is 6.07 Å². The topological polar surface area (TPSA) is 42.0 Å². The zero-order valence-corrected chi connectivity index (χ0v) is 10.6. The van der Waals surface area contributed by atoms with E-state index in [2.05, 4.69) is 10.3 Å². The summed E-state index contributed by atoms with van der Waals surface area (Å²) in [7, 11) is 0. The van der Waals surface area contributed by atoms with Crippen molar-refractivity contribution in [3.8, 4) is 0 Å². The molecule has 6 heteroatoms. The molecular weight excluding hydrogens is 274 g/mol. The van der Waals surface area contributed by atoms with Crippen LogP contribution < -0.4 is 5.32 Å². The Balaban J connectivity index is 2.35. The molecule has 0 aliphatic carbocycles. The Bertz CT molecular complexity index is 647. The van der Waals surface area contributed by atoms with Gasteiger partial charge in [-0.05, 0) is 30.7 Å². The fourth-order valence-corrected chi connectivity index (χ4v) is 1.71. The quantitative estimate of drug-likeness (QED) is 0.856. The number of nitrogens with zero attached hydrogens (tertiary/aromatic N) is 1. The highest BCUT2D eigenvalue weighted by molar-refractivity contribution is 6.33. The number of pyridine rings is 1. The minimum Gasteiger partial charge on any atom is -0.317 e. The molecule has 1 aromatic heterocycles. The van der Waals surface area contributed by atoms with Crippen molar-refractivity contribution in [1.29, 1.82) is 0 Å². The summed E-state index contributed by atoms with van der Waals surface area (Å²) < 4.78 is 27.2. The van der Waals surface area contributed by atoms with Crippen LogP contribution in [0.4, 0.5) is 14.5 Å². The standard InChI is InChI=1S/C13H9ClF2N2O/c1-7-4-5-9(15)11(10(7)16)18-13(19)8-3-2-6-17-12(8)14/h2-6H,1H3,(H,18,19). The molecule has 1 N–H and O–H groups in total. The van der Waals surface area contributed by atoms with Crippen molar-refractivity contribution in [3.63, 3.8) is 0 Å². The van der Waals surface area contributed by atoms with E-state index in [-0.39, 0.29) is 16.3 Å². The van der Waals surface area contributed by atoms with Crippen molar-refractivity contribution in [3.05, 3.63) is 58.4 Å². The minimum atomic E-state index is -0.850. The molecule has 2 rings (SSSR count). The first-order valence-electron chi connectivity index (χ1n) is 5.37. The van der Waals surface area contributed by atoms with Gasteiger partial charge in [0.2, 0.25) is 0 Å². The molecule has 0 atom stereocenters. The summed E-state index contributed by atoms with van der Waals surface area (Å²) >= 11 is 5.74. The third kappa shape index (κ3) is 2.71. The van der Waals surface area contributed by atoms with E-state index in [1.54, 1.807) is 0 Å². The number of carbonyl (C=O) groups is 1. The first-order chi connectivity index (χ1) is 9.00. The number of halogens is 3. The molecule has 0 saturated heterocycles. The third-order valence-electron chi connectivity index (χ3n) is 2.53. The van der Waals surface area contributed by atoms with Crippen molar-refractivity contribution < 1.29 is 13.6 Å². The number of anilines is 1. The van der Waals surface area contributed by atoms with E-state index in [4.69, 9.17) is 11.6 Å². The van der Waals surface area contributed by atoms with Gasteiger partial charge in [-0.2, -0.15) is 0 Å². The second-order valence-electron chi connectivity index (χ2n) is 3.85. The molecule has 3 nitrogen and oxygen atoms in total. The number of amides is 1. The van der Waals surface area contributed by atoms with Crippen LogP contribution in [-0.2, 0) is 0 Å². The van der Waals surface area contributed by atoms with Crippen LogP contribution >= 0.6 is 11.6 Å². The Morgan fingerprint density at radius 3 is 2.74 bits per heavy atom. The fourth-order valence-electron chi connectivity index (χ4n) is 1.51. The summed E-state index contributed by atoms with van der Waals surface area (Å²) in [5.74, 6) is -2.38. The molecular formula is C13H9ClF2N2O. The zero-order chi connectivity index (χ0) is 14.0. The number of aryl methyl sites for hydroxylation is 1. The number of aromatic nitrogens is 1. The molecule has 0 fully saturated rings. The van der Waals surface area contributed by atoms with Gasteiger partial charge in [0.15, 0.2) is 5.82 Å². The molecule has 0 bridgehead atoms. The SMILES string of the molecule is Cc1ccc(F)c(NC(=O)c2cccnc2Cl)c1F. The molecule has 0 unspecified atom stereocenters. The Labute approximate surface area is 113 Å². The molecule has 0 aliphatic rings. The van der Waals surface area contributed by atoms with Crippen LogP contribution in [0.2, 0.25) is 5.15 Å². The maximum absolute atomic E-state index is 13.7. The molecule has 0 radical (unpaired) electrons. The molecule has 19 heavy (non-hydrogen) atoms. The van der Waals surface area contributed by atoms with Crippen molar-refractivity contribution >= 4 is 23.2 Å². The Hall–Kier alpha value is -2.01. The molecule has 0 saturated carbocycles. The van der Waals surface area contributed by atoms with Gasteiger partial charge in [0.25, 0.3) is 5.91 Å². The first kappa shape index (κ1) is 13.4. The lowest BCUT2D eigenvalue weighted by Crippen LogP contribution is -2.15. The van der Waals surface area contributed by atoms with Gasteiger partial charge in [-0.3, -0.25) is 4.79 Å². The highest BCUT2D eigenvalue weighted by atomic mass is 35.5. The largest absolute Gasteiger partial charge is 0.317 e. The van der Waals surface area contributed by atoms with E-state index in [9.17, 15) is 13.6 Å². The summed E-state index contributed by atoms with van der Waals surface area (Å²) in [6.07, 6.45) is 1.41. The van der Waals surface area contributed by atoms with Gasteiger partial charge in [-0.15, -0.1) is 0 Å². The average Bonchev–Trinajstić information content (AvgIpc) is 2.39. The number of hydrogen-bond acceptors (Lipinski definition) is 2. The van der Waals surface area contributed by atoms with Crippen molar-refractivity contribution in [2.24, 2.45) is 0 Å². The van der Waals surface area contributed by atoms with Gasteiger partial charge in [-0.25, -0.2) is 13.8 Å². The third-order valence-corrected chi connectivity index (χ3v) is 2.83. The summed E-state index contributed by atoms with van der Waals surface area (Å²) in [6.45, 7) is 1.47. The predicted octanol–water partition coefficient (Wildman–Crippen LogP) is 3.57. The van der Waals surface area contributed by atoms with E-state index in [1.807, 2.05) is 0 Å².